The van der Waals surface area contributed by atoms with Crippen LogP contribution in [0.4, 0.5) is 23.7 Å². The quantitative estimate of drug-likeness (QED) is 0.266. The molecule has 1 aromatic heterocycles. The molecule has 57 heavy (non-hydrogen) atoms. The highest BCUT2D eigenvalue weighted by Crippen LogP contribution is 2.52. The number of nitrogens with one attached hydrogen (secondary N) is 1. The molecule has 4 fully saturated rings. The van der Waals surface area contributed by atoms with Crippen LogP contribution in [0.15, 0.2) is 72.4 Å². The number of nitrogens with zero attached hydrogens (tertiary/aromatic N) is 6. The van der Waals surface area contributed by atoms with Crippen molar-refractivity contribution in [2.75, 3.05) is 71.0 Å². The number of halogens is 3. The van der Waals surface area contributed by atoms with Gasteiger partial charge < -0.3 is 24.6 Å². The van der Waals surface area contributed by atoms with E-state index >= 15 is 13.2 Å². The minimum Gasteiger partial charge on any atom is -0.453 e. The number of anilines is 1. The number of carbonyl (C=O) groups is 2. The van der Waals surface area contributed by atoms with Crippen LogP contribution in [0.2, 0.25) is 0 Å². The van der Waals surface area contributed by atoms with E-state index in [0.717, 1.165) is 37.0 Å². The molecule has 7 rings (SSSR count). The fourth-order valence-electron chi connectivity index (χ4n) is 9.74. The summed E-state index contributed by atoms with van der Waals surface area (Å²) in [7, 11) is -2.73. The van der Waals surface area contributed by atoms with Gasteiger partial charge in [-0.15, -0.1) is 5.10 Å². The van der Waals surface area contributed by atoms with Gasteiger partial charge in [0.1, 0.15) is 16.9 Å². The molecule has 3 aliphatic heterocycles. The van der Waals surface area contributed by atoms with Crippen LogP contribution in [-0.2, 0) is 36.1 Å². The first-order valence-corrected chi connectivity index (χ1v) is 21.0. The highest BCUT2D eigenvalue weighted by molar-refractivity contribution is 7.92. The van der Waals surface area contributed by atoms with E-state index in [-0.39, 0.29) is 80.2 Å². The highest BCUT2D eigenvalue weighted by Gasteiger charge is 2.53. The Morgan fingerprint density at radius 2 is 1.89 bits per heavy atom. The SMILES string of the molecule is C=CC(=O)N1CCOC[C@@H](S(=O)(=O)c2ccc(N3CC(F)(CN4CCC([C@@](Cn5ccnn5)(c5cccc(F)c5)[C@H]5CCC[C@@H]5NC(=O)OC)CC4)C3)c(F)c2)C1. The van der Waals surface area contributed by atoms with Crippen LogP contribution in [0.1, 0.15) is 37.7 Å². The Bertz CT molecular complexity index is 2030. The molecular weight excluding hydrogens is 764 g/mol. The molecule has 3 aromatic rings. The molecule has 308 valence electrons. The van der Waals surface area contributed by atoms with E-state index in [0.29, 0.717) is 32.5 Å². The average molecular weight is 814 g/mol. The number of benzene rings is 2. The van der Waals surface area contributed by atoms with Gasteiger partial charge >= 0.3 is 6.09 Å². The van der Waals surface area contributed by atoms with Crippen LogP contribution in [0.5, 0.6) is 0 Å². The first-order chi connectivity index (χ1) is 27.3. The van der Waals surface area contributed by atoms with E-state index in [1.54, 1.807) is 34.1 Å². The van der Waals surface area contributed by atoms with Crippen molar-refractivity contribution in [3.63, 3.8) is 0 Å². The number of sulfone groups is 1. The first-order valence-electron chi connectivity index (χ1n) is 19.5. The monoisotopic (exact) mass is 813 g/mol. The molecule has 0 bridgehead atoms. The number of piperidine rings is 1. The Kier molecular flexibility index (Phi) is 12.0. The normalized spacial score (nSPS) is 24.2. The number of alkyl carbamates (subject to hydrolysis) is 1. The first kappa shape index (κ1) is 40.7. The molecule has 1 saturated carbocycles. The van der Waals surface area contributed by atoms with Crippen LogP contribution >= 0.6 is 0 Å². The van der Waals surface area contributed by atoms with Gasteiger partial charge in [0.2, 0.25) is 5.91 Å². The fourth-order valence-corrected chi connectivity index (χ4v) is 11.3. The Hall–Kier alpha value is -4.48. The summed E-state index contributed by atoms with van der Waals surface area (Å²) in [5.41, 5.74) is -1.33. The van der Waals surface area contributed by atoms with E-state index in [2.05, 4.69) is 27.1 Å². The predicted octanol–water partition coefficient (Wildman–Crippen LogP) is 4.15. The second-order valence-electron chi connectivity index (χ2n) is 15.8. The minimum atomic E-state index is -4.06. The third-order valence-corrected chi connectivity index (χ3v) is 14.5. The molecule has 4 heterocycles. The summed E-state index contributed by atoms with van der Waals surface area (Å²) in [6.45, 7) is 5.21. The lowest BCUT2D eigenvalue weighted by Crippen LogP contribution is -2.65. The zero-order valence-corrected chi connectivity index (χ0v) is 32.9. The summed E-state index contributed by atoms with van der Waals surface area (Å²) < 4.78 is 86.1. The van der Waals surface area contributed by atoms with E-state index in [4.69, 9.17) is 9.47 Å². The molecule has 4 atom stereocenters. The molecule has 17 heteroatoms. The molecule has 1 aliphatic carbocycles. The van der Waals surface area contributed by atoms with E-state index in [1.807, 2.05) is 6.07 Å². The Morgan fingerprint density at radius 3 is 2.58 bits per heavy atom. The Balaban J connectivity index is 1.03. The number of amides is 2. The van der Waals surface area contributed by atoms with Gasteiger partial charge in [0, 0.05) is 37.3 Å². The molecular formula is C40H50F3N7O6S. The zero-order chi connectivity index (χ0) is 40.4. The molecule has 3 saturated heterocycles. The van der Waals surface area contributed by atoms with Crippen molar-refractivity contribution in [3.8, 4) is 0 Å². The number of aromatic nitrogens is 3. The number of methoxy groups -OCH3 is 1. The van der Waals surface area contributed by atoms with Crippen molar-refractivity contribution in [3.05, 3.63) is 84.7 Å². The second-order valence-corrected chi connectivity index (χ2v) is 18.1. The standard InChI is InChI=1S/C40H50F3N7O6S/c1-3-37(51)48-18-19-56-23-32(22-48)57(53,54)31-10-11-36(34(42)21-31)49-25-39(43,26-49)24-47-15-12-28(13-16-47)40(27-50-17-14-44-46-50,29-6-4-7-30(41)20-29)33-8-5-9-35(33)45-38(52)55-2/h3-4,6-7,10-11,14,17,20-21,28,32-33,35H,1,5,8-9,12-13,15-16,18-19,22-27H2,2H3,(H,45,52)/t32-,33-,35-,40-/m0/s1. The van der Waals surface area contributed by atoms with Gasteiger partial charge in [0.25, 0.3) is 0 Å². The van der Waals surface area contributed by atoms with Gasteiger partial charge in [-0.3, -0.25) is 14.4 Å². The highest BCUT2D eigenvalue weighted by atomic mass is 32.2. The number of hydrogen-bond acceptors (Lipinski definition) is 10. The smallest absolute Gasteiger partial charge is 0.407 e. The van der Waals surface area contributed by atoms with Crippen molar-refractivity contribution in [2.45, 2.75) is 65.9 Å². The molecule has 2 amide bonds. The second kappa shape index (κ2) is 16.8. The van der Waals surface area contributed by atoms with E-state index in [1.165, 1.54) is 30.2 Å². The average Bonchev–Trinajstić information content (AvgIpc) is 3.82. The number of alkyl halides is 1. The number of ether oxygens (including phenoxy) is 2. The minimum absolute atomic E-state index is 0.0252. The number of likely N-dealkylation sites (tertiary alicyclic amines) is 1. The maximum atomic E-state index is 16.3. The van der Waals surface area contributed by atoms with Gasteiger partial charge in [0.15, 0.2) is 15.5 Å². The van der Waals surface area contributed by atoms with Gasteiger partial charge in [-0.1, -0.05) is 30.3 Å². The van der Waals surface area contributed by atoms with Crippen molar-refractivity contribution in [2.24, 2.45) is 11.8 Å². The van der Waals surface area contributed by atoms with Crippen molar-refractivity contribution in [1.29, 1.82) is 0 Å². The predicted molar refractivity (Wildman–Crippen MR) is 205 cm³/mol. The lowest BCUT2D eigenvalue weighted by molar-refractivity contribution is -0.126. The molecule has 0 radical (unpaired) electrons. The lowest BCUT2D eigenvalue weighted by Gasteiger charge is -2.52. The van der Waals surface area contributed by atoms with Crippen LogP contribution in [0.25, 0.3) is 0 Å². The van der Waals surface area contributed by atoms with Gasteiger partial charge in [-0.05, 0) is 92.6 Å². The van der Waals surface area contributed by atoms with Gasteiger partial charge in [-0.2, -0.15) is 0 Å². The molecule has 0 unspecified atom stereocenters. The van der Waals surface area contributed by atoms with Crippen molar-refractivity contribution < 1.29 is 40.7 Å². The van der Waals surface area contributed by atoms with E-state index < -0.39 is 44.0 Å². The maximum Gasteiger partial charge on any atom is 0.407 e. The van der Waals surface area contributed by atoms with Gasteiger partial charge in [-0.25, -0.2) is 26.4 Å². The summed E-state index contributed by atoms with van der Waals surface area (Å²) in [5.74, 6) is -1.59. The number of rotatable bonds is 12. The molecule has 1 N–H and O–H groups in total. The summed E-state index contributed by atoms with van der Waals surface area (Å²) in [6, 6.07) is 10.1. The number of hydrogen-bond donors (Lipinski definition) is 1. The summed E-state index contributed by atoms with van der Waals surface area (Å²) >= 11 is 0. The molecule has 13 nitrogen and oxygen atoms in total. The Labute approximate surface area is 331 Å². The number of carbonyl (C=O) groups excluding carboxylic acids is 2. The Morgan fingerprint density at radius 1 is 1.11 bits per heavy atom. The van der Waals surface area contributed by atoms with Crippen LogP contribution in [0, 0.1) is 23.5 Å². The largest absolute Gasteiger partial charge is 0.453 e. The molecule has 0 spiro atoms. The maximum absolute atomic E-state index is 16.3. The summed E-state index contributed by atoms with van der Waals surface area (Å²) in [6.07, 6.45) is 7.80. The topological polar surface area (TPSA) is 139 Å². The molecule has 4 aliphatic rings. The van der Waals surface area contributed by atoms with Crippen LogP contribution in [0.3, 0.4) is 0 Å². The van der Waals surface area contributed by atoms with E-state index in [9.17, 15) is 18.0 Å². The zero-order valence-electron chi connectivity index (χ0n) is 32.1. The van der Waals surface area contributed by atoms with Gasteiger partial charge in [0.05, 0.1) is 56.7 Å². The fraction of sp³-hybridized carbons (Fsp3) is 0.550. The van der Waals surface area contributed by atoms with Crippen molar-refractivity contribution in [1.82, 2.24) is 30.1 Å². The summed E-state index contributed by atoms with van der Waals surface area (Å²) in [5, 5.41) is 10.3. The summed E-state index contributed by atoms with van der Waals surface area (Å²) in [4.78, 5) is 29.5. The van der Waals surface area contributed by atoms with Crippen LogP contribution < -0.4 is 10.2 Å². The molecule has 2 aromatic carbocycles. The third kappa shape index (κ3) is 8.42. The van der Waals surface area contributed by atoms with Crippen molar-refractivity contribution >= 4 is 27.5 Å². The third-order valence-electron chi connectivity index (χ3n) is 12.4. The lowest BCUT2D eigenvalue weighted by atomic mass is 9.58. The van der Waals surface area contributed by atoms with Crippen LogP contribution in [-0.4, -0.2) is 128 Å².